The Kier molecular flexibility index (Phi) is 7.89. The quantitative estimate of drug-likeness (QED) is 0.286. The van der Waals surface area contributed by atoms with Gasteiger partial charge in [0.15, 0.2) is 11.5 Å². The second-order valence-corrected chi connectivity index (χ2v) is 5.97. The van der Waals surface area contributed by atoms with Crippen LogP contribution in [-0.2, 0) is 25.7 Å². The first-order valence-electron chi connectivity index (χ1n) is 8.51. The van der Waals surface area contributed by atoms with Gasteiger partial charge in [0.05, 0.1) is 20.8 Å². The number of halogens is 1. The van der Waals surface area contributed by atoms with Gasteiger partial charge in [-0.1, -0.05) is 35.9 Å². The van der Waals surface area contributed by atoms with E-state index in [9.17, 15) is 9.59 Å². The van der Waals surface area contributed by atoms with Gasteiger partial charge in [-0.2, -0.15) is 0 Å². The van der Waals surface area contributed by atoms with Gasteiger partial charge < -0.3 is 18.9 Å². The number of rotatable bonds is 8. The maximum Gasteiger partial charge on any atom is 0.345 e. The SMILES string of the molecule is CCOc1cc(C=C(C(=O)OC)C(=O)OC)ccc1OCc1ccccc1Cl. The standard InChI is InChI=1S/C21H21ClO6/c1-4-27-19-12-14(11-16(20(23)25-2)21(24)26-3)9-10-18(19)28-13-15-7-5-6-8-17(15)22/h5-12H,4,13H2,1-3H3. The number of methoxy groups -OCH3 is 2. The van der Waals surface area contributed by atoms with Crippen LogP contribution in [0, 0.1) is 0 Å². The topological polar surface area (TPSA) is 71.1 Å². The van der Waals surface area contributed by atoms with Gasteiger partial charge in [-0.3, -0.25) is 0 Å². The highest BCUT2D eigenvalue weighted by molar-refractivity contribution is 6.31. The van der Waals surface area contributed by atoms with Gasteiger partial charge in [-0.25, -0.2) is 9.59 Å². The first-order valence-corrected chi connectivity index (χ1v) is 8.89. The molecule has 28 heavy (non-hydrogen) atoms. The van der Waals surface area contributed by atoms with Gasteiger partial charge in [-0.15, -0.1) is 0 Å². The van der Waals surface area contributed by atoms with Crippen LogP contribution in [0.5, 0.6) is 11.5 Å². The van der Waals surface area contributed by atoms with Crippen molar-refractivity contribution in [2.45, 2.75) is 13.5 Å². The fourth-order valence-corrected chi connectivity index (χ4v) is 2.55. The van der Waals surface area contributed by atoms with Crippen LogP contribution in [0.25, 0.3) is 6.08 Å². The van der Waals surface area contributed by atoms with E-state index >= 15 is 0 Å². The van der Waals surface area contributed by atoms with Crippen molar-refractivity contribution in [3.63, 3.8) is 0 Å². The summed E-state index contributed by atoms with van der Waals surface area (Å²) in [7, 11) is 2.38. The molecule has 0 amide bonds. The van der Waals surface area contributed by atoms with E-state index in [4.69, 9.17) is 21.1 Å². The van der Waals surface area contributed by atoms with Gasteiger partial charge in [-0.05, 0) is 36.8 Å². The average Bonchev–Trinajstić information content (AvgIpc) is 2.71. The molecule has 0 saturated heterocycles. The minimum absolute atomic E-state index is 0.225. The molecule has 0 N–H and O–H groups in total. The smallest absolute Gasteiger partial charge is 0.345 e. The van der Waals surface area contributed by atoms with Crippen LogP contribution < -0.4 is 9.47 Å². The second kappa shape index (κ2) is 10.4. The molecule has 0 fully saturated rings. The van der Waals surface area contributed by atoms with Crippen LogP contribution in [0.2, 0.25) is 5.02 Å². The molecule has 0 heterocycles. The molecule has 0 saturated carbocycles. The van der Waals surface area contributed by atoms with Crippen LogP contribution in [-0.4, -0.2) is 32.8 Å². The van der Waals surface area contributed by atoms with E-state index in [1.54, 1.807) is 24.3 Å². The highest BCUT2D eigenvalue weighted by atomic mass is 35.5. The minimum Gasteiger partial charge on any atom is -0.490 e. The molecule has 0 unspecified atom stereocenters. The Bertz CT molecular complexity index is 857. The maximum atomic E-state index is 11.8. The summed E-state index contributed by atoms with van der Waals surface area (Å²) >= 11 is 6.15. The zero-order valence-electron chi connectivity index (χ0n) is 15.9. The molecular weight excluding hydrogens is 384 g/mol. The lowest BCUT2D eigenvalue weighted by Gasteiger charge is -2.13. The molecule has 2 aromatic carbocycles. The third-order valence-corrected chi connectivity index (χ3v) is 4.10. The predicted octanol–water partition coefficient (Wildman–Crippen LogP) is 4.05. The molecule has 0 radical (unpaired) electrons. The normalized spacial score (nSPS) is 10.0. The van der Waals surface area contributed by atoms with E-state index in [0.717, 1.165) is 5.56 Å². The number of ether oxygens (including phenoxy) is 4. The number of esters is 2. The second-order valence-electron chi connectivity index (χ2n) is 5.56. The third-order valence-electron chi connectivity index (χ3n) is 3.73. The Hall–Kier alpha value is -2.99. The minimum atomic E-state index is -0.788. The molecule has 0 bridgehead atoms. The van der Waals surface area contributed by atoms with Crippen molar-refractivity contribution < 1.29 is 28.5 Å². The van der Waals surface area contributed by atoms with Gasteiger partial charge in [0.1, 0.15) is 12.2 Å². The molecule has 7 heteroatoms. The molecule has 0 aliphatic rings. The zero-order valence-corrected chi connectivity index (χ0v) is 16.6. The lowest BCUT2D eigenvalue weighted by molar-refractivity contribution is -0.143. The molecular formula is C21H21ClO6. The summed E-state index contributed by atoms with van der Waals surface area (Å²) in [5, 5.41) is 0.612. The number of hydrogen-bond acceptors (Lipinski definition) is 6. The van der Waals surface area contributed by atoms with E-state index in [0.29, 0.717) is 28.7 Å². The number of carbonyl (C=O) groups is 2. The summed E-state index contributed by atoms with van der Waals surface area (Å²) in [4.78, 5) is 23.7. The van der Waals surface area contributed by atoms with Crippen LogP contribution in [0.15, 0.2) is 48.0 Å². The fourth-order valence-electron chi connectivity index (χ4n) is 2.36. The van der Waals surface area contributed by atoms with Crippen molar-refractivity contribution in [2.75, 3.05) is 20.8 Å². The third kappa shape index (κ3) is 5.50. The van der Waals surface area contributed by atoms with Crippen LogP contribution in [0.3, 0.4) is 0 Å². The highest BCUT2D eigenvalue weighted by Gasteiger charge is 2.20. The van der Waals surface area contributed by atoms with Crippen molar-refractivity contribution in [1.29, 1.82) is 0 Å². The van der Waals surface area contributed by atoms with Gasteiger partial charge in [0, 0.05) is 10.6 Å². The number of hydrogen-bond donors (Lipinski definition) is 0. The number of benzene rings is 2. The Morgan fingerprint density at radius 3 is 2.25 bits per heavy atom. The van der Waals surface area contributed by atoms with Gasteiger partial charge in [0.25, 0.3) is 0 Å². The summed E-state index contributed by atoms with van der Waals surface area (Å²) in [6.45, 7) is 2.52. The van der Waals surface area contributed by atoms with E-state index in [2.05, 4.69) is 9.47 Å². The first-order chi connectivity index (χ1) is 13.5. The van der Waals surface area contributed by atoms with Crippen LogP contribution >= 0.6 is 11.6 Å². The lowest BCUT2D eigenvalue weighted by atomic mass is 10.1. The Balaban J connectivity index is 2.30. The summed E-state index contributed by atoms with van der Waals surface area (Å²) in [5.74, 6) is -0.596. The lowest BCUT2D eigenvalue weighted by Crippen LogP contribution is -2.15. The number of carbonyl (C=O) groups excluding carboxylic acids is 2. The molecule has 2 aromatic rings. The van der Waals surface area contributed by atoms with E-state index < -0.39 is 11.9 Å². The summed E-state index contributed by atoms with van der Waals surface area (Å²) in [6, 6.07) is 12.4. The van der Waals surface area contributed by atoms with E-state index in [1.807, 2.05) is 25.1 Å². The van der Waals surface area contributed by atoms with Crippen molar-refractivity contribution in [2.24, 2.45) is 0 Å². The first kappa shape index (κ1) is 21.3. The molecule has 0 aromatic heterocycles. The molecule has 2 rings (SSSR count). The highest BCUT2D eigenvalue weighted by Crippen LogP contribution is 2.31. The monoisotopic (exact) mass is 404 g/mol. The Morgan fingerprint density at radius 2 is 1.64 bits per heavy atom. The van der Waals surface area contributed by atoms with Gasteiger partial charge in [0.2, 0.25) is 0 Å². The molecule has 0 aliphatic carbocycles. The van der Waals surface area contributed by atoms with Crippen molar-refractivity contribution in [1.82, 2.24) is 0 Å². The molecule has 148 valence electrons. The van der Waals surface area contributed by atoms with E-state index in [1.165, 1.54) is 20.3 Å². The van der Waals surface area contributed by atoms with Crippen molar-refractivity contribution >= 4 is 29.6 Å². The Morgan fingerprint density at radius 1 is 0.964 bits per heavy atom. The molecule has 0 spiro atoms. The van der Waals surface area contributed by atoms with Crippen molar-refractivity contribution in [3.05, 3.63) is 64.2 Å². The van der Waals surface area contributed by atoms with Crippen molar-refractivity contribution in [3.8, 4) is 11.5 Å². The van der Waals surface area contributed by atoms with Crippen LogP contribution in [0.1, 0.15) is 18.1 Å². The Labute approximate surface area is 168 Å². The van der Waals surface area contributed by atoms with Gasteiger partial charge >= 0.3 is 11.9 Å². The predicted molar refractivity (Wildman–Crippen MR) is 105 cm³/mol. The zero-order chi connectivity index (χ0) is 20.5. The summed E-state index contributed by atoms with van der Waals surface area (Å²) in [6.07, 6.45) is 1.37. The summed E-state index contributed by atoms with van der Waals surface area (Å²) in [5.41, 5.74) is 1.17. The maximum absolute atomic E-state index is 11.8. The van der Waals surface area contributed by atoms with Crippen LogP contribution in [0.4, 0.5) is 0 Å². The molecule has 0 aliphatic heterocycles. The van der Waals surface area contributed by atoms with E-state index in [-0.39, 0.29) is 12.2 Å². The largest absolute Gasteiger partial charge is 0.490 e. The molecule has 0 atom stereocenters. The fraction of sp³-hybridized carbons (Fsp3) is 0.238. The molecule has 6 nitrogen and oxygen atoms in total. The summed E-state index contributed by atoms with van der Waals surface area (Å²) < 4.78 is 20.7. The average molecular weight is 405 g/mol.